The Hall–Kier alpha value is -2.23. The summed E-state index contributed by atoms with van der Waals surface area (Å²) in [6.07, 6.45) is 2.44. The van der Waals surface area contributed by atoms with Crippen molar-refractivity contribution < 1.29 is 4.79 Å². The highest BCUT2D eigenvalue weighted by atomic mass is 16.1. The topological polar surface area (TPSA) is 54.9 Å². The predicted molar refractivity (Wildman–Crippen MR) is 77.3 cm³/mol. The highest BCUT2D eigenvalue weighted by Crippen LogP contribution is 2.27. The molecule has 1 aliphatic rings. The van der Waals surface area contributed by atoms with Crippen molar-refractivity contribution in [3.63, 3.8) is 0 Å². The first-order valence-corrected chi connectivity index (χ1v) is 6.92. The fourth-order valence-electron chi connectivity index (χ4n) is 2.10. The minimum absolute atomic E-state index is 0.124. The van der Waals surface area contributed by atoms with Gasteiger partial charge in [0.15, 0.2) is 5.69 Å². The number of rotatable bonds is 4. The van der Waals surface area contributed by atoms with Crippen LogP contribution >= 0.6 is 0 Å². The van der Waals surface area contributed by atoms with Crippen LogP contribution in [0.25, 0.3) is 11.3 Å². The standard InChI is InChI=1S/C16H17N3O/c1-11-9-14(13-5-3-2-4-6-13)18-19-15(11)16(20)17-10-12-7-8-12/h2-6,9,12H,7-8,10H2,1H3,(H,17,20). The van der Waals surface area contributed by atoms with Gasteiger partial charge in [-0.15, -0.1) is 10.2 Å². The highest BCUT2D eigenvalue weighted by Gasteiger charge is 2.22. The molecule has 4 heteroatoms. The van der Waals surface area contributed by atoms with Gasteiger partial charge in [0, 0.05) is 12.1 Å². The fraction of sp³-hybridized carbons (Fsp3) is 0.312. The van der Waals surface area contributed by atoms with Gasteiger partial charge in [0.1, 0.15) is 0 Å². The summed E-state index contributed by atoms with van der Waals surface area (Å²) < 4.78 is 0. The molecule has 1 N–H and O–H groups in total. The van der Waals surface area contributed by atoms with Crippen LogP contribution < -0.4 is 5.32 Å². The number of amides is 1. The van der Waals surface area contributed by atoms with E-state index in [-0.39, 0.29) is 5.91 Å². The molecule has 1 aromatic heterocycles. The molecule has 0 aliphatic heterocycles. The zero-order valence-electron chi connectivity index (χ0n) is 11.5. The van der Waals surface area contributed by atoms with E-state index in [1.165, 1.54) is 12.8 Å². The maximum Gasteiger partial charge on any atom is 0.272 e. The van der Waals surface area contributed by atoms with E-state index in [1.807, 2.05) is 43.3 Å². The van der Waals surface area contributed by atoms with Gasteiger partial charge in [-0.2, -0.15) is 0 Å². The Morgan fingerprint density at radius 3 is 2.65 bits per heavy atom. The third-order valence-corrected chi connectivity index (χ3v) is 3.52. The van der Waals surface area contributed by atoms with E-state index >= 15 is 0 Å². The molecule has 1 heterocycles. The summed E-state index contributed by atoms with van der Waals surface area (Å²) in [5, 5.41) is 11.2. The van der Waals surface area contributed by atoms with Crippen LogP contribution in [0, 0.1) is 12.8 Å². The maximum absolute atomic E-state index is 12.0. The molecule has 3 rings (SSSR count). The van der Waals surface area contributed by atoms with E-state index in [0.717, 1.165) is 23.4 Å². The van der Waals surface area contributed by atoms with Gasteiger partial charge >= 0.3 is 0 Å². The molecular formula is C16H17N3O. The third-order valence-electron chi connectivity index (χ3n) is 3.52. The molecule has 102 valence electrons. The van der Waals surface area contributed by atoms with Crippen LogP contribution in [-0.4, -0.2) is 22.6 Å². The average molecular weight is 267 g/mol. The lowest BCUT2D eigenvalue weighted by Gasteiger charge is -2.07. The largest absolute Gasteiger partial charge is 0.350 e. The van der Waals surface area contributed by atoms with Crippen LogP contribution in [-0.2, 0) is 0 Å². The molecule has 0 spiro atoms. The second-order valence-electron chi connectivity index (χ2n) is 5.28. The van der Waals surface area contributed by atoms with Crippen LogP contribution in [0.15, 0.2) is 36.4 Å². The molecule has 0 saturated heterocycles. The Balaban J connectivity index is 1.78. The van der Waals surface area contributed by atoms with Gasteiger partial charge in [-0.05, 0) is 37.3 Å². The lowest BCUT2D eigenvalue weighted by molar-refractivity contribution is 0.0945. The molecule has 0 bridgehead atoms. The number of carbonyl (C=O) groups excluding carboxylic acids is 1. The molecule has 20 heavy (non-hydrogen) atoms. The second-order valence-corrected chi connectivity index (χ2v) is 5.28. The van der Waals surface area contributed by atoms with Crippen LogP contribution in [0.2, 0.25) is 0 Å². The van der Waals surface area contributed by atoms with Crippen molar-refractivity contribution in [3.05, 3.63) is 47.7 Å². The third kappa shape index (κ3) is 2.85. The summed E-state index contributed by atoms with van der Waals surface area (Å²) in [4.78, 5) is 12.0. The number of hydrogen-bond donors (Lipinski definition) is 1. The number of aryl methyl sites for hydroxylation is 1. The van der Waals surface area contributed by atoms with Crippen molar-refractivity contribution in [2.45, 2.75) is 19.8 Å². The summed E-state index contributed by atoms with van der Waals surface area (Å²) in [7, 11) is 0. The van der Waals surface area contributed by atoms with Gasteiger partial charge in [0.05, 0.1) is 5.69 Å². The maximum atomic E-state index is 12.0. The van der Waals surface area contributed by atoms with E-state index < -0.39 is 0 Å². The van der Waals surface area contributed by atoms with Gasteiger partial charge in [-0.1, -0.05) is 30.3 Å². The zero-order chi connectivity index (χ0) is 13.9. The Morgan fingerprint density at radius 2 is 2.00 bits per heavy atom. The van der Waals surface area contributed by atoms with Gasteiger partial charge in [0.25, 0.3) is 5.91 Å². The lowest BCUT2D eigenvalue weighted by Crippen LogP contribution is -2.27. The quantitative estimate of drug-likeness (QED) is 0.926. The van der Waals surface area contributed by atoms with Crippen molar-refractivity contribution in [2.75, 3.05) is 6.54 Å². The number of aromatic nitrogens is 2. The minimum atomic E-state index is -0.124. The van der Waals surface area contributed by atoms with E-state index in [4.69, 9.17) is 0 Å². The molecule has 0 unspecified atom stereocenters. The second kappa shape index (κ2) is 5.41. The van der Waals surface area contributed by atoms with Crippen molar-refractivity contribution in [2.24, 2.45) is 5.92 Å². The van der Waals surface area contributed by atoms with Gasteiger partial charge in [-0.25, -0.2) is 0 Å². The Bertz CT molecular complexity index is 621. The van der Waals surface area contributed by atoms with Crippen LogP contribution in [0.3, 0.4) is 0 Å². The van der Waals surface area contributed by atoms with Crippen molar-refractivity contribution in [1.82, 2.24) is 15.5 Å². The summed E-state index contributed by atoms with van der Waals surface area (Å²) >= 11 is 0. The SMILES string of the molecule is Cc1cc(-c2ccccc2)nnc1C(=O)NCC1CC1. The molecule has 4 nitrogen and oxygen atoms in total. The van der Waals surface area contributed by atoms with Gasteiger partial charge < -0.3 is 5.32 Å². The summed E-state index contributed by atoms with van der Waals surface area (Å²) in [5.41, 5.74) is 3.08. The number of carbonyl (C=O) groups is 1. The first-order chi connectivity index (χ1) is 9.74. The van der Waals surface area contributed by atoms with Gasteiger partial charge in [0.2, 0.25) is 0 Å². The van der Waals surface area contributed by atoms with E-state index in [9.17, 15) is 4.79 Å². The molecule has 0 radical (unpaired) electrons. The monoisotopic (exact) mass is 267 g/mol. The highest BCUT2D eigenvalue weighted by molar-refractivity contribution is 5.93. The predicted octanol–water partition coefficient (Wildman–Crippen LogP) is 2.59. The molecule has 1 fully saturated rings. The Kier molecular flexibility index (Phi) is 3.46. The average Bonchev–Trinajstić information content (AvgIpc) is 3.30. The number of benzene rings is 1. The number of hydrogen-bond acceptors (Lipinski definition) is 3. The minimum Gasteiger partial charge on any atom is -0.350 e. The molecule has 1 aromatic carbocycles. The van der Waals surface area contributed by atoms with E-state index in [1.54, 1.807) is 0 Å². The first kappa shape index (κ1) is 12.8. The molecule has 1 aliphatic carbocycles. The molecule has 2 aromatic rings. The summed E-state index contributed by atoms with van der Waals surface area (Å²) in [6.45, 7) is 2.65. The smallest absolute Gasteiger partial charge is 0.272 e. The Labute approximate surface area is 118 Å². The number of nitrogens with zero attached hydrogens (tertiary/aromatic N) is 2. The van der Waals surface area contributed by atoms with Crippen LogP contribution in [0.1, 0.15) is 28.9 Å². The fourth-order valence-corrected chi connectivity index (χ4v) is 2.10. The van der Waals surface area contributed by atoms with Gasteiger partial charge in [-0.3, -0.25) is 4.79 Å². The Morgan fingerprint density at radius 1 is 1.25 bits per heavy atom. The molecular weight excluding hydrogens is 250 g/mol. The lowest BCUT2D eigenvalue weighted by atomic mass is 10.1. The van der Waals surface area contributed by atoms with E-state index in [0.29, 0.717) is 11.6 Å². The van der Waals surface area contributed by atoms with Crippen molar-refractivity contribution in [1.29, 1.82) is 0 Å². The number of nitrogens with one attached hydrogen (secondary N) is 1. The van der Waals surface area contributed by atoms with Crippen LogP contribution in [0.4, 0.5) is 0 Å². The summed E-state index contributed by atoms with van der Waals surface area (Å²) in [5.74, 6) is 0.539. The normalized spacial score (nSPS) is 14.1. The molecule has 1 saturated carbocycles. The van der Waals surface area contributed by atoms with Crippen molar-refractivity contribution in [3.8, 4) is 11.3 Å². The first-order valence-electron chi connectivity index (χ1n) is 6.92. The zero-order valence-corrected chi connectivity index (χ0v) is 11.5. The summed E-state index contributed by atoms with van der Waals surface area (Å²) in [6, 6.07) is 11.8. The van der Waals surface area contributed by atoms with E-state index in [2.05, 4.69) is 15.5 Å². The van der Waals surface area contributed by atoms with Crippen molar-refractivity contribution >= 4 is 5.91 Å². The van der Waals surface area contributed by atoms with Crippen LogP contribution in [0.5, 0.6) is 0 Å². The molecule has 0 atom stereocenters. The molecule has 1 amide bonds.